The first kappa shape index (κ1) is 12.4. The SMILES string of the molecule is Cc1ccc(C(=O)CBr)cc1CC(C)C. The number of benzene rings is 1. The van der Waals surface area contributed by atoms with Crippen LogP contribution in [0.1, 0.15) is 35.3 Å². The minimum atomic E-state index is 0.153. The van der Waals surface area contributed by atoms with Crippen molar-refractivity contribution >= 4 is 21.7 Å². The second-order valence-corrected chi connectivity index (χ2v) is 4.86. The van der Waals surface area contributed by atoms with Gasteiger partial charge < -0.3 is 0 Å². The summed E-state index contributed by atoms with van der Waals surface area (Å²) in [5, 5.41) is 0.400. The minimum Gasteiger partial charge on any atom is -0.293 e. The number of halogens is 1. The summed E-state index contributed by atoms with van der Waals surface area (Å²) in [5.74, 6) is 0.776. The zero-order chi connectivity index (χ0) is 11.4. The molecular formula is C13H17BrO. The van der Waals surface area contributed by atoms with Gasteiger partial charge in [0, 0.05) is 5.56 Å². The van der Waals surface area contributed by atoms with Crippen LogP contribution >= 0.6 is 15.9 Å². The van der Waals surface area contributed by atoms with Crippen molar-refractivity contribution in [3.05, 3.63) is 34.9 Å². The molecule has 0 aliphatic rings. The van der Waals surface area contributed by atoms with Crippen LogP contribution in [0.2, 0.25) is 0 Å². The van der Waals surface area contributed by atoms with Crippen LogP contribution in [0.3, 0.4) is 0 Å². The molecule has 0 radical (unpaired) electrons. The molecule has 0 aliphatic carbocycles. The van der Waals surface area contributed by atoms with Gasteiger partial charge >= 0.3 is 0 Å². The van der Waals surface area contributed by atoms with Crippen LogP contribution in [-0.4, -0.2) is 11.1 Å². The van der Waals surface area contributed by atoms with E-state index in [9.17, 15) is 4.79 Å². The van der Waals surface area contributed by atoms with E-state index in [2.05, 4.69) is 36.7 Å². The van der Waals surface area contributed by atoms with Crippen LogP contribution in [0.4, 0.5) is 0 Å². The highest BCUT2D eigenvalue weighted by Crippen LogP contribution is 2.16. The van der Waals surface area contributed by atoms with E-state index in [4.69, 9.17) is 0 Å². The Morgan fingerprint density at radius 3 is 2.60 bits per heavy atom. The molecule has 0 aliphatic heterocycles. The molecule has 0 spiro atoms. The monoisotopic (exact) mass is 268 g/mol. The first-order valence-corrected chi connectivity index (χ1v) is 6.35. The van der Waals surface area contributed by atoms with E-state index in [0.717, 1.165) is 12.0 Å². The standard InChI is InChI=1S/C13H17BrO/c1-9(2)6-12-7-11(13(15)8-14)5-4-10(12)3/h4-5,7,9H,6,8H2,1-3H3. The fourth-order valence-corrected chi connectivity index (χ4v) is 1.91. The van der Waals surface area contributed by atoms with Gasteiger partial charge in [-0.1, -0.05) is 41.9 Å². The molecule has 82 valence electrons. The molecule has 1 aromatic rings. The molecule has 1 aromatic carbocycles. The fourth-order valence-electron chi connectivity index (χ4n) is 1.58. The molecule has 2 heteroatoms. The molecule has 0 saturated heterocycles. The maximum atomic E-state index is 11.5. The third-order valence-corrected chi connectivity index (χ3v) is 2.93. The molecule has 1 rings (SSSR count). The number of Topliss-reactive ketones (excluding diaryl/α,β-unsaturated/α-hetero) is 1. The summed E-state index contributed by atoms with van der Waals surface area (Å²) >= 11 is 3.20. The molecule has 0 unspecified atom stereocenters. The van der Waals surface area contributed by atoms with Crippen LogP contribution in [-0.2, 0) is 6.42 Å². The zero-order valence-corrected chi connectivity index (χ0v) is 11.1. The highest BCUT2D eigenvalue weighted by molar-refractivity contribution is 9.09. The lowest BCUT2D eigenvalue weighted by Crippen LogP contribution is -2.03. The predicted octanol–water partition coefficient (Wildman–Crippen LogP) is 3.77. The van der Waals surface area contributed by atoms with Crippen molar-refractivity contribution in [1.82, 2.24) is 0 Å². The Morgan fingerprint density at radius 2 is 2.07 bits per heavy atom. The molecule has 15 heavy (non-hydrogen) atoms. The molecule has 0 fully saturated rings. The van der Waals surface area contributed by atoms with Crippen LogP contribution in [0.15, 0.2) is 18.2 Å². The largest absolute Gasteiger partial charge is 0.293 e. The summed E-state index contributed by atoms with van der Waals surface area (Å²) in [7, 11) is 0. The van der Waals surface area contributed by atoms with E-state index in [1.807, 2.05) is 18.2 Å². The van der Waals surface area contributed by atoms with Gasteiger partial charge in [-0.25, -0.2) is 0 Å². The molecule has 0 atom stereocenters. The van der Waals surface area contributed by atoms with Crippen molar-refractivity contribution in [2.24, 2.45) is 5.92 Å². The summed E-state index contributed by atoms with van der Waals surface area (Å²) in [6.07, 6.45) is 1.04. The van der Waals surface area contributed by atoms with E-state index in [1.165, 1.54) is 11.1 Å². The lowest BCUT2D eigenvalue weighted by atomic mass is 9.96. The summed E-state index contributed by atoms with van der Waals surface area (Å²) < 4.78 is 0. The summed E-state index contributed by atoms with van der Waals surface area (Å²) in [6, 6.07) is 5.97. The molecule has 0 heterocycles. The predicted molar refractivity (Wildman–Crippen MR) is 67.8 cm³/mol. The zero-order valence-electron chi connectivity index (χ0n) is 9.51. The van der Waals surface area contributed by atoms with Gasteiger partial charge in [0.25, 0.3) is 0 Å². The van der Waals surface area contributed by atoms with Gasteiger partial charge in [0.05, 0.1) is 5.33 Å². The number of alkyl halides is 1. The minimum absolute atomic E-state index is 0.153. The average Bonchev–Trinajstić information content (AvgIpc) is 2.19. The molecule has 0 aromatic heterocycles. The Morgan fingerprint density at radius 1 is 1.40 bits per heavy atom. The highest BCUT2D eigenvalue weighted by atomic mass is 79.9. The molecule has 0 amide bonds. The van der Waals surface area contributed by atoms with Crippen LogP contribution in [0, 0.1) is 12.8 Å². The topological polar surface area (TPSA) is 17.1 Å². The Bertz CT molecular complexity index is 356. The Balaban J connectivity index is 2.99. The lowest BCUT2D eigenvalue weighted by Gasteiger charge is -2.10. The van der Waals surface area contributed by atoms with Crippen molar-refractivity contribution in [3.63, 3.8) is 0 Å². The van der Waals surface area contributed by atoms with E-state index in [0.29, 0.717) is 11.2 Å². The smallest absolute Gasteiger partial charge is 0.173 e. The normalized spacial score (nSPS) is 10.7. The molecule has 0 N–H and O–H groups in total. The first-order valence-electron chi connectivity index (χ1n) is 5.23. The van der Waals surface area contributed by atoms with E-state index >= 15 is 0 Å². The van der Waals surface area contributed by atoms with Crippen molar-refractivity contribution in [1.29, 1.82) is 0 Å². The van der Waals surface area contributed by atoms with Crippen molar-refractivity contribution in [2.45, 2.75) is 27.2 Å². The van der Waals surface area contributed by atoms with Gasteiger partial charge in [-0.15, -0.1) is 0 Å². The fraction of sp³-hybridized carbons (Fsp3) is 0.462. The number of rotatable bonds is 4. The Labute approximate surface area is 100 Å². The number of carbonyl (C=O) groups is 1. The molecule has 0 saturated carbocycles. The van der Waals surface area contributed by atoms with Crippen LogP contribution in [0.25, 0.3) is 0 Å². The molecule has 1 nitrogen and oxygen atoms in total. The molecule has 0 bridgehead atoms. The van der Waals surface area contributed by atoms with Gasteiger partial charge in [-0.2, -0.15) is 0 Å². The van der Waals surface area contributed by atoms with E-state index < -0.39 is 0 Å². The number of hydrogen-bond donors (Lipinski definition) is 0. The van der Waals surface area contributed by atoms with Gasteiger partial charge in [0.15, 0.2) is 5.78 Å². The second-order valence-electron chi connectivity index (χ2n) is 4.30. The summed E-state index contributed by atoms with van der Waals surface area (Å²) in [4.78, 5) is 11.5. The quantitative estimate of drug-likeness (QED) is 0.600. The van der Waals surface area contributed by atoms with Gasteiger partial charge in [0.1, 0.15) is 0 Å². The van der Waals surface area contributed by atoms with Gasteiger partial charge in [-0.05, 0) is 36.5 Å². The number of hydrogen-bond acceptors (Lipinski definition) is 1. The third-order valence-electron chi connectivity index (χ3n) is 2.42. The summed E-state index contributed by atoms with van der Waals surface area (Å²) in [5.41, 5.74) is 3.37. The maximum absolute atomic E-state index is 11.5. The van der Waals surface area contributed by atoms with Crippen LogP contribution in [0.5, 0.6) is 0 Å². The second kappa shape index (κ2) is 5.45. The maximum Gasteiger partial charge on any atom is 0.173 e. The van der Waals surface area contributed by atoms with Crippen molar-refractivity contribution in [2.75, 3.05) is 5.33 Å². The van der Waals surface area contributed by atoms with E-state index in [1.54, 1.807) is 0 Å². The third kappa shape index (κ3) is 3.45. The number of carbonyl (C=O) groups excluding carboxylic acids is 1. The average molecular weight is 269 g/mol. The Hall–Kier alpha value is -0.630. The van der Waals surface area contributed by atoms with Crippen molar-refractivity contribution in [3.8, 4) is 0 Å². The van der Waals surface area contributed by atoms with Crippen molar-refractivity contribution < 1.29 is 4.79 Å². The lowest BCUT2D eigenvalue weighted by molar-refractivity contribution is 0.102. The highest BCUT2D eigenvalue weighted by Gasteiger charge is 2.07. The van der Waals surface area contributed by atoms with E-state index in [-0.39, 0.29) is 5.78 Å². The first-order chi connectivity index (χ1) is 7.04. The van der Waals surface area contributed by atoms with Crippen LogP contribution < -0.4 is 0 Å². The summed E-state index contributed by atoms with van der Waals surface area (Å²) in [6.45, 7) is 6.48. The number of aryl methyl sites for hydroxylation is 1. The molecular weight excluding hydrogens is 252 g/mol. The Kier molecular flexibility index (Phi) is 4.52. The van der Waals surface area contributed by atoms with Gasteiger partial charge in [0.2, 0.25) is 0 Å². The number of ketones is 1. The van der Waals surface area contributed by atoms with Gasteiger partial charge in [-0.3, -0.25) is 4.79 Å².